The molecule has 0 fully saturated rings. The number of pyridine rings is 1. The summed E-state index contributed by atoms with van der Waals surface area (Å²) >= 11 is 0. The van der Waals surface area contributed by atoms with E-state index in [9.17, 15) is 5.11 Å². The van der Waals surface area contributed by atoms with Crippen molar-refractivity contribution in [2.75, 3.05) is 0 Å². The number of rotatable bonds is 11. The topological polar surface area (TPSA) is 50.9 Å². The smallest absolute Gasteiger partial charge is 0.149 e. The molecule has 0 aliphatic rings. The van der Waals surface area contributed by atoms with Gasteiger partial charge >= 0.3 is 0 Å². The summed E-state index contributed by atoms with van der Waals surface area (Å²) in [7, 11) is 0. The van der Waals surface area contributed by atoms with E-state index in [0.717, 1.165) is 73.2 Å². The highest BCUT2D eigenvalue weighted by Gasteiger charge is 2.27. The first-order valence-electron chi connectivity index (χ1n) is 27.7. The van der Waals surface area contributed by atoms with Gasteiger partial charge in [-0.1, -0.05) is 178 Å². The van der Waals surface area contributed by atoms with E-state index in [4.69, 9.17) is 22.3 Å². The van der Waals surface area contributed by atoms with Crippen LogP contribution >= 0.6 is 0 Å². The first-order valence-corrected chi connectivity index (χ1v) is 23.2. The molecule has 0 amide bonds. The highest BCUT2D eigenvalue weighted by Crippen LogP contribution is 2.45. The number of fused-ring (bicyclic) bond motifs is 1. The van der Waals surface area contributed by atoms with Crippen LogP contribution in [0.3, 0.4) is 0 Å². The lowest BCUT2D eigenvalue weighted by molar-refractivity contribution is 0.466. The second-order valence-corrected chi connectivity index (χ2v) is 19.0. The van der Waals surface area contributed by atoms with E-state index in [1.165, 1.54) is 17.7 Å². The fraction of sp³-hybridized carbons (Fsp3) is 0.238. The third kappa shape index (κ3) is 8.86. The Hall–Kier alpha value is -7.04. The molecule has 67 heavy (non-hydrogen) atoms. The quantitative estimate of drug-likeness (QED) is 0.141. The van der Waals surface area contributed by atoms with E-state index >= 15 is 0 Å². The fourth-order valence-corrected chi connectivity index (χ4v) is 8.99. The van der Waals surface area contributed by atoms with Crippen LogP contribution in [0.15, 0.2) is 170 Å². The molecular formula is C63H63N3O. The van der Waals surface area contributed by atoms with Crippen molar-refractivity contribution in [1.29, 1.82) is 0 Å². The molecule has 336 valence electrons. The largest absolute Gasteiger partial charge is 0.507 e. The zero-order valence-corrected chi connectivity index (χ0v) is 39.3. The molecule has 2 aromatic heterocycles. The number of phenols is 1. The van der Waals surface area contributed by atoms with Crippen LogP contribution in [0, 0.1) is 0 Å². The molecule has 0 spiro atoms. The van der Waals surface area contributed by atoms with Crippen molar-refractivity contribution in [3.8, 4) is 78.6 Å². The maximum Gasteiger partial charge on any atom is 0.149 e. The molecule has 0 unspecified atom stereocenters. The SMILES string of the molecule is [2H]C([2H])([2H])C(c1ccc(-c2ccnc(-c3cc(-c4ccccc4)cc(-c4cccc5c4nc(-c4cc(C(C)C)cc(C(C)C)c4O)n5-c4ccc(C(C)(C)CC)cc4-c4ccccc4)c3)c2)cc1)(C([2H])([2H])[2H])C([2H])([2H])[2H]. The van der Waals surface area contributed by atoms with Gasteiger partial charge in [-0.15, -0.1) is 0 Å². The number of hydrogen-bond acceptors (Lipinski definition) is 3. The van der Waals surface area contributed by atoms with Crippen LogP contribution in [0.4, 0.5) is 0 Å². The third-order valence-electron chi connectivity index (χ3n) is 13.4. The first kappa shape index (κ1) is 35.2. The molecule has 9 aromatic rings. The second-order valence-electron chi connectivity index (χ2n) is 19.0. The van der Waals surface area contributed by atoms with Crippen molar-refractivity contribution in [1.82, 2.24) is 14.5 Å². The lowest BCUT2D eigenvalue weighted by Gasteiger charge is -2.26. The minimum Gasteiger partial charge on any atom is -0.507 e. The molecule has 0 saturated carbocycles. The average Bonchev–Trinajstić information content (AvgIpc) is 3.82. The van der Waals surface area contributed by atoms with Crippen molar-refractivity contribution in [3.05, 3.63) is 192 Å². The van der Waals surface area contributed by atoms with Crippen molar-refractivity contribution < 1.29 is 17.4 Å². The van der Waals surface area contributed by atoms with Gasteiger partial charge in [0, 0.05) is 35.2 Å². The van der Waals surface area contributed by atoms with E-state index in [1.807, 2.05) is 30.3 Å². The minimum absolute atomic E-state index is 0.0376. The maximum absolute atomic E-state index is 12.4. The van der Waals surface area contributed by atoms with Crippen molar-refractivity contribution in [2.45, 2.75) is 98.1 Å². The predicted octanol–water partition coefficient (Wildman–Crippen LogP) is 17.4. The van der Waals surface area contributed by atoms with E-state index in [2.05, 4.69) is 156 Å². The second kappa shape index (κ2) is 18.0. The Morgan fingerprint density at radius 3 is 1.90 bits per heavy atom. The fourth-order valence-electron chi connectivity index (χ4n) is 8.99. The van der Waals surface area contributed by atoms with Gasteiger partial charge in [0.25, 0.3) is 0 Å². The van der Waals surface area contributed by atoms with Gasteiger partial charge in [0.1, 0.15) is 11.6 Å². The summed E-state index contributed by atoms with van der Waals surface area (Å²) in [6.45, 7) is 5.16. The van der Waals surface area contributed by atoms with Crippen LogP contribution in [-0.2, 0) is 10.8 Å². The summed E-state index contributed by atoms with van der Waals surface area (Å²) < 4.78 is 76.3. The van der Waals surface area contributed by atoms with Gasteiger partial charge < -0.3 is 5.11 Å². The molecule has 2 heterocycles. The van der Waals surface area contributed by atoms with Gasteiger partial charge in [0.05, 0.1) is 28.0 Å². The van der Waals surface area contributed by atoms with Crippen LogP contribution in [0.2, 0.25) is 0 Å². The highest BCUT2D eigenvalue weighted by molar-refractivity contribution is 5.98. The maximum atomic E-state index is 12.4. The lowest BCUT2D eigenvalue weighted by atomic mass is 9.81. The zero-order chi connectivity index (χ0) is 54.7. The van der Waals surface area contributed by atoms with E-state index in [1.54, 1.807) is 24.4 Å². The number of phenolic OH excluding ortho intramolecular Hbond substituents is 1. The van der Waals surface area contributed by atoms with Crippen LogP contribution in [0.5, 0.6) is 5.75 Å². The van der Waals surface area contributed by atoms with E-state index in [0.29, 0.717) is 28.2 Å². The molecule has 0 atom stereocenters. The van der Waals surface area contributed by atoms with Gasteiger partial charge in [-0.2, -0.15) is 0 Å². The Labute approximate surface area is 410 Å². The van der Waals surface area contributed by atoms with Crippen LogP contribution < -0.4 is 0 Å². The number of imidazole rings is 1. The molecule has 7 aromatic carbocycles. The summed E-state index contributed by atoms with van der Waals surface area (Å²) in [5.74, 6) is 1.02. The van der Waals surface area contributed by atoms with Gasteiger partial charge in [-0.3, -0.25) is 9.55 Å². The van der Waals surface area contributed by atoms with Crippen LogP contribution in [0.1, 0.15) is 122 Å². The normalized spacial score (nSPS) is 14.7. The van der Waals surface area contributed by atoms with Gasteiger partial charge in [-0.05, 0) is 139 Å². The number of hydrogen-bond donors (Lipinski definition) is 1. The minimum atomic E-state index is -3.37. The summed E-state index contributed by atoms with van der Waals surface area (Å²) in [5.41, 5.74) is 11.2. The number of benzene rings is 7. The Kier molecular flexibility index (Phi) is 9.44. The Morgan fingerprint density at radius 2 is 1.22 bits per heavy atom. The Morgan fingerprint density at radius 1 is 0.567 bits per heavy atom. The number of para-hydroxylation sites is 1. The van der Waals surface area contributed by atoms with Crippen LogP contribution in [0.25, 0.3) is 83.9 Å². The molecule has 4 heteroatoms. The van der Waals surface area contributed by atoms with Crippen LogP contribution in [-0.4, -0.2) is 19.6 Å². The first-order chi connectivity index (χ1) is 35.9. The standard InChI is InChI=1S/C63H63N3O/c1-11-63(9,10)51-29-30-57(54(39-51)44-21-16-13-17-22-44)66-58-24-18-23-52(59(58)65-61(66)55-37-46(40(2)3)36-53(41(4)5)60(55)67)48-33-47(42-19-14-12-15-20-42)34-49(35-48)56-38-45(31-32-64-56)43-25-27-50(28-26-43)62(6,7)8/h12-41,67H,11H2,1-10H3/i6D3,7D3,8D3. The molecule has 0 saturated heterocycles. The summed E-state index contributed by atoms with van der Waals surface area (Å²) in [6, 6.07) is 53.5. The molecule has 1 N–H and O–H groups in total. The predicted molar refractivity (Wildman–Crippen MR) is 283 cm³/mol. The highest BCUT2D eigenvalue weighted by atomic mass is 16.3. The molecule has 4 nitrogen and oxygen atoms in total. The van der Waals surface area contributed by atoms with Crippen molar-refractivity contribution >= 4 is 11.0 Å². The lowest BCUT2D eigenvalue weighted by Crippen LogP contribution is -2.16. The third-order valence-corrected chi connectivity index (χ3v) is 13.4. The zero-order valence-electron chi connectivity index (χ0n) is 48.3. The van der Waals surface area contributed by atoms with E-state index in [-0.39, 0.29) is 28.6 Å². The summed E-state index contributed by atoms with van der Waals surface area (Å²) in [4.78, 5) is 10.5. The summed E-state index contributed by atoms with van der Waals surface area (Å²) in [5, 5.41) is 12.4. The van der Waals surface area contributed by atoms with Gasteiger partial charge in [0.15, 0.2) is 0 Å². The van der Waals surface area contributed by atoms with E-state index < -0.39 is 26.0 Å². The van der Waals surface area contributed by atoms with Gasteiger partial charge in [-0.25, -0.2) is 4.98 Å². The monoisotopic (exact) mass is 887 g/mol. The summed E-state index contributed by atoms with van der Waals surface area (Å²) in [6.07, 6.45) is 2.63. The molecule has 0 aliphatic heterocycles. The molecular weight excluding hydrogens is 815 g/mol. The number of aromatic nitrogens is 3. The van der Waals surface area contributed by atoms with Crippen molar-refractivity contribution in [2.24, 2.45) is 0 Å². The Balaban J connectivity index is 1.28. The Bertz CT molecular complexity index is 3540. The van der Waals surface area contributed by atoms with Gasteiger partial charge in [0.2, 0.25) is 0 Å². The average molecular weight is 887 g/mol. The molecule has 9 rings (SSSR count). The van der Waals surface area contributed by atoms with Crippen molar-refractivity contribution in [3.63, 3.8) is 0 Å². The molecule has 0 radical (unpaired) electrons. The molecule has 0 aliphatic carbocycles. The number of nitrogens with zero attached hydrogens (tertiary/aromatic N) is 3. The number of aromatic hydroxyl groups is 1. The molecule has 0 bridgehead atoms.